The van der Waals surface area contributed by atoms with Gasteiger partial charge in [-0.25, -0.2) is 0 Å². The van der Waals surface area contributed by atoms with Crippen molar-refractivity contribution in [2.24, 2.45) is 5.92 Å². The van der Waals surface area contributed by atoms with Crippen molar-refractivity contribution < 1.29 is 4.74 Å². The standard InChI is InChI=1S/C16H32N2OS/c1-6-17-14-13(15(2,3)19-16(14,4)5)12-18-8-7-10-20-11-9-18/h13-14,17H,6-12H2,1-5H3. The molecule has 0 aromatic rings. The van der Waals surface area contributed by atoms with Gasteiger partial charge in [-0.3, -0.25) is 0 Å². The van der Waals surface area contributed by atoms with Crippen molar-refractivity contribution >= 4 is 11.8 Å². The molecular weight excluding hydrogens is 268 g/mol. The molecule has 0 radical (unpaired) electrons. The molecule has 4 heteroatoms. The Balaban J connectivity index is 2.08. The molecule has 20 heavy (non-hydrogen) atoms. The zero-order valence-corrected chi connectivity index (χ0v) is 14.7. The lowest BCUT2D eigenvalue weighted by Gasteiger charge is -2.34. The van der Waals surface area contributed by atoms with E-state index < -0.39 is 0 Å². The van der Waals surface area contributed by atoms with Gasteiger partial charge >= 0.3 is 0 Å². The van der Waals surface area contributed by atoms with Crippen molar-refractivity contribution in [3.63, 3.8) is 0 Å². The van der Waals surface area contributed by atoms with E-state index in [9.17, 15) is 0 Å². The van der Waals surface area contributed by atoms with E-state index in [0.717, 1.165) is 13.1 Å². The van der Waals surface area contributed by atoms with E-state index in [4.69, 9.17) is 4.74 Å². The number of hydrogen-bond donors (Lipinski definition) is 1. The van der Waals surface area contributed by atoms with E-state index in [1.165, 1.54) is 31.0 Å². The Morgan fingerprint density at radius 2 is 1.90 bits per heavy atom. The fourth-order valence-corrected chi connectivity index (χ4v) is 4.82. The van der Waals surface area contributed by atoms with E-state index >= 15 is 0 Å². The first-order chi connectivity index (χ1) is 9.37. The molecule has 2 rings (SSSR count). The maximum absolute atomic E-state index is 6.39. The maximum Gasteiger partial charge on any atom is 0.0790 e. The molecule has 0 saturated carbocycles. The fraction of sp³-hybridized carbons (Fsp3) is 1.00. The minimum atomic E-state index is -0.0786. The van der Waals surface area contributed by atoms with Crippen LogP contribution in [0.25, 0.3) is 0 Å². The summed E-state index contributed by atoms with van der Waals surface area (Å²) in [6.07, 6.45) is 1.33. The zero-order chi connectivity index (χ0) is 14.8. The first-order valence-electron chi connectivity index (χ1n) is 8.10. The Morgan fingerprint density at radius 1 is 1.15 bits per heavy atom. The minimum absolute atomic E-state index is 0.0458. The van der Waals surface area contributed by atoms with Crippen LogP contribution < -0.4 is 5.32 Å². The average molecular weight is 301 g/mol. The quantitative estimate of drug-likeness (QED) is 0.862. The average Bonchev–Trinajstić information content (AvgIpc) is 2.55. The largest absolute Gasteiger partial charge is 0.368 e. The summed E-state index contributed by atoms with van der Waals surface area (Å²) >= 11 is 2.10. The molecule has 2 aliphatic heterocycles. The van der Waals surface area contributed by atoms with Crippen LogP contribution in [-0.2, 0) is 4.74 Å². The van der Waals surface area contributed by atoms with Gasteiger partial charge in [-0.05, 0) is 53.0 Å². The Bertz CT molecular complexity index is 312. The van der Waals surface area contributed by atoms with Crippen molar-refractivity contribution in [2.45, 2.75) is 58.3 Å². The van der Waals surface area contributed by atoms with Gasteiger partial charge in [0.25, 0.3) is 0 Å². The van der Waals surface area contributed by atoms with Crippen molar-refractivity contribution in [3.8, 4) is 0 Å². The molecule has 3 nitrogen and oxygen atoms in total. The van der Waals surface area contributed by atoms with Crippen molar-refractivity contribution in [1.82, 2.24) is 10.2 Å². The summed E-state index contributed by atoms with van der Waals surface area (Å²) in [5.74, 6) is 3.16. The zero-order valence-electron chi connectivity index (χ0n) is 13.9. The first kappa shape index (κ1) is 16.6. The molecule has 1 N–H and O–H groups in total. The Hall–Kier alpha value is 0.230. The Kier molecular flexibility index (Phi) is 5.44. The van der Waals surface area contributed by atoms with Gasteiger partial charge in [-0.2, -0.15) is 11.8 Å². The number of thioether (sulfide) groups is 1. The van der Waals surface area contributed by atoms with Gasteiger partial charge in [0.15, 0.2) is 0 Å². The summed E-state index contributed by atoms with van der Waals surface area (Å²) in [6, 6.07) is 0.443. The molecule has 2 heterocycles. The summed E-state index contributed by atoms with van der Waals surface area (Å²) in [7, 11) is 0. The maximum atomic E-state index is 6.39. The van der Waals surface area contributed by atoms with Gasteiger partial charge in [-0.1, -0.05) is 6.92 Å². The molecule has 0 spiro atoms. The highest BCUT2D eigenvalue weighted by Gasteiger charge is 2.53. The van der Waals surface area contributed by atoms with E-state index in [0.29, 0.717) is 12.0 Å². The Labute approximate surface area is 129 Å². The molecule has 0 aromatic heterocycles. The number of nitrogens with one attached hydrogen (secondary N) is 1. The molecule has 2 saturated heterocycles. The highest BCUT2D eigenvalue weighted by atomic mass is 32.2. The van der Waals surface area contributed by atoms with Crippen LogP contribution in [0.15, 0.2) is 0 Å². The van der Waals surface area contributed by atoms with Gasteiger partial charge in [0.05, 0.1) is 11.2 Å². The predicted octanol–water partition coefficient (Wildman–Crippen LogP) is 2.61. The molecule has 2 atom stereocenters. The summed E-state index contributed by atoms with van der Waals surface area (Å²) in [5.41, 5.74) is -0.124. The van der Waals surface area contributed by atoms with Gasteiger partial charge in [0.2, 0.25) is 0 Å². The van der Waals surface area contributed by atoms with Crippen LogP contribution in [0.5, 0.6) is 0 Å². The predicted molar refractivity (Wildman–Crippen MR) is 88.6 cm³/mol. The number of ether oxygens (including phenoxy) is 1. The van der Waals surface area contributed by atoms with Crippen LogP contribution in [0, 0.1) is 5.92 Å². The molecule has 0 amide bonds. The van der Waals surface area contributed by atoms with Gasteiger partial charge in [0, 0.05) is 30.8 Å². The highest BCUT2D eigenvalue weighted by Crippen LogP contribution is 2.42. The second-order valence-electron chi connectivity index (χ2n) is 7.22. The van der Waals surface area contributed by atoms with E-state index in [-0.39, 0.29) is 11.2 Å². The SMILES string of the molecule is CCNC1C(CN2CCCSCC2)C(C)(C)OC1(C)C. The third-order valence-electron chi connectivity index (χ3n) is 4.76. The van der Waals surface area contributed by atoms with Gasteiger partial charge < -0.3 is 15.0 Å². The molecular formula is C16H32N2OS. The lowest BCUT2D eigenvalue weighted by molar-refractivity contribution is -0.0794. The van der Waals surface area contributed by atoms with Crippen LogP contribution in [-0.4, -0.2) is 59.8 Å². The topological polar surface area (TPSA) is 24.5 Å². The summed E-state index contributed by atoms with van der Waals surface area (Å²) in [4.78, 5) is 2.65. The Morgan fingerprint density at radius 3 is 2.60 bits per heavy atom. The fourth-order valence-electron chi connectivity index (χ4n) is 3.89. The number of hydrogen-bond acceptors (Lipinski definition) is 4. The van der Waals surface area contributed by atoms with Crippen LogP contribution in [0.2, 0.25) is 0 Å². The lowest BCUT2D eigenvalue weighted by Crippen LogP contribution is -2.51. The highest BCUT2D eigenvalue weighted by molar-refractivity contribution is 7.99. The number of rotatable bonds is 4. The van der Waals surface area contributed by atoms with Crippen LogP contribution in [0.3, 0.4) is 0 Å². The molecule has 118 valence electrons. The van der Waals surface area contributed by atoms with E-state index in [1.54, 1.807) is 0 Å². The molecule has 2 aliphatic rings. The number of likely N-dealkylation sites (N-methyl/N-ethyl adjacent to an activating group) is 1. The van der Waals surface area contributed by atoms with E-state index in [1.807, 2.05) is 0 Å². The van der Waals surface area contributed by atoms with Crippen LogP contribution >= 0.6 is 11.8 Å². The summed E-state index contributed by atoms with van der Waals surface area (Å²) < 4.78 is 6.39. The summed E-state index contributed by atoms with van der Waals surface area (Å²) in [5, 5.41) is 3.69. The second-order valence-corrected chi connectivity index (χ2v) is 8.44. The van der Waals surface area contributed by atoms with Crippen molar-refractivity contribution in [2.75, 3.05) is 37.7 Å². The third-order valence-corrected chi connectivity index (χ3v) is 5.81. The lowest BCUT2D eigenvalue weighted by atomic mass is 9.82. The minimum Gasteiger partial charge on any atom is -0.368 e. The van der Waals surface area contributed by atoms with Crippen LogP contribution in [0.1, 0.15) is 41.0 Å². The monoisotopic (exact) mass is 300 g/mol. The van der Waals surface area contributed by atoms with Crippen molar-refractivity contribution in [1.29, 1.82) is 0 Å². The third kappa shape index (κ3) is 3.70. The smallest absolute Gasteiger partial charge is 0.0790 e. The van der Waals surface area contributed by atoms with Crippen LogP contribution in [0.4, 0.5) is 0 Å². The number of nitrogens with zero attached hydrogens (tertiary/aromatic N) is 1. The molecule has 2 fully saturated rings. The molecule has 2 unspecified atom stereocenters. The normalized spacial score (nSPS) is 34.0. The van der Waals surface area contributed by atoms with Gasteiger partial charge in [0.1, 0.15) is 0 Å². The molecule has 0 bridgehead atoms. The van der Waals surface area contributed by atoms with Crippen molar-refractivity contribution in [3.05, 3.63) is 0 Å². The van der Waals surface area contributed by atoms with E-state index in [2.05, 4.69) is 56.6 Å². The molecule has 0 aromatic carbocycles. The summed E-state index contributed by atoms with van der Waals surface area (Å²) in [6.45, 7) is 15.9. The molecule has 0 aliphatic carbocycles. The van der Waals surface area contributed by atoms with Gasteiger partial charge in [-0.15, -0.1) is 0 Å². The second kappa shape index (κ2) is 6.55. The first-order valence-corrected chi connectivity index (χ1v) is 9.26.